The van der Waals surface area contributed by atoms with Gasteiger partial charge in [-0.05, 0) is 35.7 Å². The van der Waals surface area contributed by atoms with Crippen LogP contribution in [0.25, 0.3) is 21.5 Å². The molecule has 0 spiro atoms. The van der Waals surface area contributed by atoms with Crippen LogP contribution in [0.3, 0.4) is 0 Å². The lowest BCUT2D eigenvalue weighted by Crippen LogP contribution is -2.08. The summed E-state index contributed by atoms with van der Waals surface area (Å²) in [6.45, 7) is 6.52. The van der Waals surface area contributed by atoms with Crippen LogP contribution in [0.5, 0.6) is 5.75 Å². The molecule has 0 aliphatic carbocycles. The Bertz CT molecular complexity index is 1390. The zero-order valence-corrected chi connectivity index (χ0v) is 21.2. The summed E-state index contributed by atoms with van der Waals surface area (Å²) in [4.78, 5) is 16.9. The fourth-order valence-corrected chi connectivity index (χ4v) is 5.44. The number of rotatable bonds is 8. The Labute approximate surface area is 211 Å². The predicted octanol–water partition coefficient (Wildman–Crippen LogP) is 7.25. The maximum Gasteiger partial charge on any atom is 0.416 e. The molecule has 1 N–H and O–H groups in total. The van der Waals surface area contributed by atoms with Crippen molar-refractivity contribution in [3.8, 4) is 16.3 Å². The van der Waals surface area contributed by atoms with E-state index in [0.717, 1.165) is 39.2 Å². The molecule has 190 valence electrons. The van der Waals surface area contributed by atoms with Crippen LogP contribution in [0.2, 0.25) is 0 Å². The van der Waals surface area contributed by atoms with Crippen LogP contribution >= 0.6 is 11.3 Å². The first-order chi connectivity index (χ1) is 16.9. The molecular formula is C27H27F3N2O3S. The fraction of sp³-hybridized carbons (Fsp3) is 0.333. The number of hydrogen-bond donors (Lipinski definition) is 1. The first-order valence-corrected chi connectivity index (χ1v) is 12.4. The molecule has 0 aliphatic rings. The fourth-order valence-electron chi connectivity index (χ4n) is 4.17. The standard InChI is InChI=1S/C27H27F3N2O3S/c1-15(2)24-25(36-26(31-24)17-5-7-19(8-6-17)27(28,29)30)16(3)14-35-20-9-10-21-18(11-23(33)34)13-32(4)22(21)12-20/h5-10,12-13,15-16H,11,14H2,1-4H3,(H,33,34). The Morgan fingerprint density at radius 1 is 1.14 bits per heavy atom. The van der Waals surface area contributed by atoms with Crippen molar-refractivity contribution in [3.63, 3.8) is 0 Å². The van der Waals surface area contributed by atoms with Gasteiger partial charge in [0, 0.05) is 41.1 Å². The van der Waals surface area contributed by atoms with Gasteiger partial charge in [-0.2, -0.15) is 13.2 Å². The molecule has 0 saturated carbocycles. The zero-order valence-electron chi connectivity index (χ0n) is 20.4. The maximum atomic E-state index is 12.9. The molecule has 0 radical (unpaired) electrons. The molecule has 9 heteroatoms. The first-order valence-electron chi connectivity index (χ1n) is 11.5. The van der Waals surface area contributed by atoms with E-state index in [4.69, 9.17) is 14.8 Å². The van der Waals surface area contributed by atoms with Crippen LogP contribution in [-0.2, 0) is 24.4 Å². The van der Waals surface area contributed by atoms with E-state index in [2.05, 4.69) is 0 Å². The molecule has 2 aromatic heterocycles. The number of carbonyl (C=O) groups is 1. The monoisotopic (exact) mass is 516 g/mol. The van der Waals surface area contributed by atoms with E-state index in [1.165, 1.54) is 23.5 Å². The molecule has 2 aromatic carbocycles. The molecule has 5 nitrogen and oxygen atoms in total. The molecule has 36 heavy (non-hydrogen) atoms. The highest BCUT2D eigenvalue weighted by Gasteiger charge is 2.30. The smallest absolute Gasteiger partial charge is 0.416 e. The van der Waals surface area contributed by atoms with E-state index in [1.54, 1.807) is 0 Å². The normalized spacial score (nSPS) is 12.9. The number of ether oxygens (including phenoxy) is 1. The maximum absolute atomic E-state index is 12.9. The highest BCUT2D eigenvalue weighted by Crippen LogP contribution is 2.38. The number of aliphatic carboxylic acids is 1. The van der Waals surface area contributed by atoms with Crippen molar-refractivity contribution >= 4 is 28.2 Å². The summed E-state index contributed by atoms with van der Waals surface area (Å²) < 4.78 is 46.8. The third kappa shape index (κ3) is 5.41. The summed E-state index contributed by atoms with van der Waals surface area (Å²) in [6.07, 6.45) is -2.60. The number of aromatic nitrogens is 2. The molecule has 4 rings (SSSR count). The lowest BCUT2D eigenvalue weighted by atomic mass is 10.0. The summed E-state index contributed by atoms with van der Waals surface area (Å²) in [6, 6.07) is 10.7. The van der Waals surface area contributed by atoms with E-state index in [9.17, 15) is 18.0 Å². The summed E-state index contributed by atoms with van der Waals surface area (Å²) in [5.41, 5.74) is 2.53. The lowest BCUT2D eigenvalue weighted by molar-refractivity contribution is -0.138. The number of nitrogens with zero attached hydrogens (tertiary/aromatic N) is 2. The quantitative estimate of drug-likeness (QED) is 0.268. The molecule has 1 unspecified atom stereocenters. The van der Waals surface area contributed by atoms with Crippen LogP contribution in [0.4, 0.5) is 13.2 Å². The molecule has 0 aliphatic heterocycles. The Balaban J connectivity index is 1.54. The van der Waals surface area contributed by atoms with Crippen molar-refractivity contribution in [2.24, 2.45) is 7.05 Å². The van der Waals surface area contributed by atoms with Gasteiger partial charge in [-0.3, -0.25) is 4.79 Å². The number of carboxylic acids is 1. The van der Waals surface area contributed by atoms with Gasteiger partial charge in [-0.1, -0.05) is 32.9 Å². The van der Waals surface area contributed by atoms with Crippen LogP contribution in [-0.4, -0.2) is 27.2 Å². The zero-order chi connectivity index (χ0) is 26.2. The predicted molar refractivity (Wildman–Crippen MR) is 135 cm³/mol. The number of carboxylic acid groups (broad SMARTS) is 1. The van der Waals surface area contributed by atoms with Crippen LogP contribution in [0, 0.1) is 0 Å². The Hall–Kier alpha value is -3.33. The minimum absolute atomic E-state index is 0.00905. The van der Waals surface area contributed by atoms with E-state index in [1.807, 2.05) is 56.8 Å². The second-order valence-electron chi connectivity index (χ2n) is 9.23. The molecule has 2 heterocycles. The number of halogens is 3. The average molecular weight is 517 g/mol. The van der Waals surface area contributed by atoms with E-state index in [-0.39, 0.29) is 18.3 Å². The SMILES string of the molecule is CC(C)c1nc(-c2ccc(C(F)(F)F)cc2)sc1C(C)COc1ccc2c(CC(=O)O)cn(C)c2c1. The van der Waals surface area contributed by atoms with Gasteiger partial charge in [0.2, 0.25) is 0 Å². The van der Waals surface area contributed by atoms with E-state index in [0.29, 0.717) is 22.9 Å². The molecule has 0 saturated heterocycles. The molecule has 0 amide bonds. The molecule has 4 aromatic rings. The van der Waals surface area contributed by atoms with Gasteiger partial charge in [0.15, 0.2) is 0 Å². The van der Waals surface area contributed by atoms with Crippen molar-refractivity contribution in [2.45, 2.75) is 45.2 Å². The van der Waals surface area contributed by atoms with Gasteiger partial charge in [0.05, 0.1) is 29.8 Å². The van der Waals surface area contributed by atoms with Crippen molar-refractivity contribution in [1.82, 2.24) is 9.55 Å². The minimum atomic E-state index is -4.37. The lowest BCUT2D eigenvalue weighted by Gasteiger charge is -2.14. The Kier molecular flexibility index (Phi) is 7.13. The third-order valence-electron chi connectivity index (χ3n) is 6.02. The number of alkyl halides is 3. The van der Waals surface area contributed by atoms with Gasteiger partial charge in [0.1, 0.15) is 10.8 Å². The molecule has 0 bridgehead atoms. The topological polar surface area (TPSA) is 64.3 Å². The number of hydrogen-bond acceptors (Lipinski definition) is 4. The van der Waals surface area contributed by atoms with Crippen molar-refractivity contribution in [2.75, 3.05) is 6.61 Å². The Morgan fingerprint density at radius 2 is 1.83 bits per heavy atom. The van der Waals surface area contributed by atoms with E-state index >= 15 is 0 Å². The molecule has 0 fully saturated rings. The van der Waals surface area contributed by atoms with Gasteiger partial charge in [-0.25, -0.2) is 4.98 Å². The Morgan fingerprint density at radius 3 is 2.44 bits per heavy atom. The highest BCUT2D eigenvalue weighted by atomic mass is 32.1. The summed E-state index contributed by atoms with van der Waals surface area (Å²) in [7, 11) is 1.87. The number of aryl methyl sites for hydroxylation is 1. The number of fused-ring (bicyclic) bond motifs is 1. The third-order valence-corrected chi connectivity index (χ3v) is 7.37. The largest absolute Gasteiger partial charge is 0.493 e. The first kappa shape index (κ1) is 25.8. The summed E-state index contributed by atoms with van der Waals surface area (Å²) in [5.74, 6) is -0.0436. The second kappa shape index (κ2) is 9.97. The van der Waals surface area contributed by atoms with Gasteiger partial charge in [-0.15, -0.1) is 11.3 Å². The van der Waals surface area contributed by atoms with Crippen molar-refractivity contribution < 1.29 is 27.8 Å². The van der Waals surface area contributed by atoms with Crippen molar-refractivity contribution in [3.05, 3.63) is 70.4 Å². The molecule has 1 atom stereocenters. The highest BCUT2D eigenvalue weighted by molar-refractivity contribution is 7.15. The number of benzene rings is 2. The van der Waals surface area contributed by atoms with Crippen molar-refractivity contribution in [1.29, 1.82) is 0 Å². The van der Waals surface area contributed by atoms with Crippen LogP contribution < -0.4 is 4.74 Å². The van der Waals surface area contributed by atoms with Gasteiger partial charge < -0.3 is 14.4 Å². The summed E-state index contributed by atoms with van der Waals surface area (Å²) >= 11 is 1.48. The van der Waals surface area contributed by atoms with E-state index < -0.39 is 17.7 Å². The van der Waals surface area contributed by atoms with Gasteiger partial charge >= 0.3 is 12.1 Å². The van der Waals surface area contributed by atoms with Crippen LogP contribution in [0.1, 0.15) is 54.3 Å². The molecular weight excluding hydrogens is 489 g/mol. The number of thiazole rings is 1. The summed E-state index contributed by atoms with van der Waals surface area (Å²) in [5, 5.41) is 10.7. The average Bonchev–Trinajstić information content (AvgIpc) is 3.39. The van der Waals surface area contributed by atoms with Gasteiger partial charge in [0.25, 0.3) is 0 Å². The van der Waals surface area contributed by atoms with Crippen LogP contribution in [0.15, 0.2) is 48.7 Å². The second-order valence-corrected chi connectivity index (χ2v) is 10.3. The minimum Gasteiger partial charge on any atom is -0.493 e.